The molecular formula is C14H22N6. The van der Waals surface area contributed by atoms with Crippen LogP contribution in [0.25, 0.3) is 11.2 Å². The van der Waals surface area contributed by atoms with Crippen LogP contribution in [-0.4, -0.2) is 44.1 Å². The first kappa shape index (κ1) is 13.3. The number of piperidine rings is 1. The van der Waals surface area contributed by atoms with Gasteiger partial charge in [0.15, 0.2) is 11.5 Å². The van der Waals surface area contributed by atoms with Crippen molar-refractivity contribution in [2.24, 2.45) is 5.92 Å². The van der Waals surface area contributed by atoms with E-state index < -0.39 is 0 Å². The standard InChI is InChI=1S/C14H22N6/c1-11-3-7-19(8-4-11)5-2-6-20-10-18-12-13(15)16-9-17-14(12)20/h9-11H,2-8H2,1H3,(H2,15,16,17). The number of aromatic nitrogens is 4. The number of rotatable bonds is 4. The molecule has 20 heavy (non-hydrogen) atoms. The molecule has 2 aromatic heterocycles. The van der Waals surface area contributed by atoms with Crippen molar-refractivity contribution in [2.75, 3.05) is 25.4 Å². The maximum atomic E-state index is 5.79. The molecule has 0 amide bonds. The molecule has 1 fully saturated rings. The minimum atomic E-state index is 0.457. The number of nitrogens with zero attached hydrogens (tertiary/aromatic N) is 5. The predicted molar refractivity (Wildman–Crippen MR) is 79.2 cm³/mol. The van der Waals surface area contributed by atoms with Crippen LogP contribution < -0.4 is 5.73 Å². The van der Waals surface area contributed by atoms with Crippen LogP contribution >= 0.6 is 0 Å². The highest BCUT2D eigenvalue weighted by molar-refractivity contribution is 5.80. The summed E-state index contributed by atoms with van der Waals surface area (Å²) >= 11 is 0. The van der Waals surface area contributed by atoms with E-state index in [1.807, 2.05) is 6.33 Å². The molecular weight excluding hydrogens is 252 g/mol. The Balaban J connectivity index is 1.56. The third-order valence-electron chi connectivity index (χ3n) is 4.18. The van der Waals surface area contributed by atoms with Gasteiger partial charge in [-0.2, -0.15) is 0 Å². The lowest BCUT2D eigenvalue weighted by molar-refractivity contribution is 0.188. The minimum Gasteiger partial charge on any atom is -0.382 e. The van der Waals surface area contributed by atoms with Gasteiger partial charge in [-0.25, -0.2) is 15.0 Å². The fraction of sp³-hybridized carbons (Fsp3) is 0.643. The second-order valence-corrected chi connectivity index (χ2v) is 5.75. The van der Waals surface area contributed by atoms with Gasteiger partial charge in [-0.1, -0.05) is 6.92 Å². The molecule has 108 valence electrons. The summed E-state index contributed by atoms with van der Waals surface area (Å²) in [5.74, 6) is 1.35. The molecule has 1 aliphatic rings. The highest BCUT2D eigenvalue weighted by Crippen LogP contribution is 2.17. The van der Waals surface area contributed by atoms with E-state index in [4.69, 9.17) is 5.73 Å². The van der Waals surface area contributed by atoms with E-state index in [2.05, 4.69) is 31.3 Å². The summed E-state index contributed by atoms with van der Waals surface area (Å²) in [6.45, 7) is 6.90. The van der Waals surface area contributed by atoms with Gasteiger partial charge in [0.1, 0.15) is 11.8 Å². The maximum Gasteiger partial charge on any atom is 0.165 e. The summed E-state index contributed by atoms with van der Waals surface area (Å²) in [6, 6.07) is 0. The third kappa shape index (κ3) is 2.75. The van der Waals surface area contributed by atoms with E-state index in [0.717, 1.165) is 31.1 Å². The van der Waals surface area contributed by atoms with Crippen molar-refractivity contribution in [3.05, 3.63) is 12.7 Å². The number of fused-ring (bicyclic) bond motifs is 1. The van der Waals surface area contributed by atoms with Gasteiger partial charge in [-0.3, -0.25) is 0 Å². The van der Waals surface area contributed by atoms with Crippen LogP contribution in [0.3, 0.4) is 0 Å². The Hall–Kier alpha value is -1.69. The van der Waals surface area contributed by atoms with Crippen molar-refractivity contribution < 1.29 is 0 Å². The van der Waals surface area contributed by atoms with E-state index in [9.17, 15) is 0 Å². The zero-order valence-corrected chi connectivity index (χ0v) is 12.0. The van der Waals surface area contributed by atoms with Gasteiger partial charge >= 0.3 is 0 Å². The van der Waals surface area contributed by atoms with Crippen LogP contribution in [0.2, 0.25) is 0 Å². The molecule has 0 spiro atoms. The average Bonchev–Trinajstić information content (AvgIpc) is 2.86. The van der Waals surface area contributed by atoms with Crippen molar-refractivity contribution in [2.45, 2.75) is 32.7 Å². The summed E-state index contributed by atoms with van der Waals surface area (Å²) in [6.07, 6.45) is 7.09. The average molecular weight is 274 g/mol. The van der Waals surface area contributed by atoms with E-state index >= 15 is 0 Å². The second kappa shape index (κ2) is 5.75. The van der Waals surface area contributed by atoms with Crippen LogP contribution in [0.1, 0.15) is 26.2 Å². The van der Waals surface area contributed by atoms with Crippen LogP contribution in [-0.2, 0) is 6.54 Å². The molecule has 6 heteroatoms. The molecule has 0 saturated carbocycles. The largest absolute Gasteiger partial charge is 0.382 e. The monoisotopic (exact) mass is 274 g/mol. The predicted octanol–water partition coefficient (Wildman–Crippen LogP) is 1.53. The minimum absolute atomic E-state index is 0.457. The fourth-order valence-corrected chi connectivity index (χ4v) is 2.81. The normalized spacial score (nSPS) is 17.9. The van der Waals surface area contributed by atoms with Crippen LogP contribution in [0, 0.1) is 5.92 Å². The number of aryl methyl sites for hydroxylation is 1. The Labute approximate surface area is 119 Å². The van der Waals surface area contributed by atoms with Crippen LogP contribution in [0.5, 0.6) is 0 Å². The summed E-state index contributed by atoms with van der Waals surface area (Å²) in [4.78, 5) is 15.1. The molecule has 0 aromatic carbocycles. The Morgan fingerprint density at radius 1 is 1.20 bits per heavy atom. The number of hydrogen-bond donors (Lipinski definition) is 1. The molecule has 2 aromatic rings. The van der Waals surface area contributed by atoms with Crippen molar-refractivity contribution in [3.8, 4) is 0 Å². The zero-order chi connectivity index (χ0) is 13.9. The Morgan fingerprint density at radius 3 is 2.80 bits per heavy atom. The number of hydrogen-bond acceptors (Lipinski definition) is 5. The smallest absolute Gasteiger partial charge is 0.165 e. The van der Waals surface area contributed by atoms with E-state index in [1.54, 1.807) is 0 Å². The van der Waals surface area contributed by atoms with Gasteiger partial charge < -0.3 is 15.2 Å². The molecule has 1 saturated heterocycles. The van der Waals surface area contributed by atoms with E-state index in [1.165, 1.54) is 32.3 Å². The lowest BCUT2D eigenvalue weighted by atomic mass is 9.99. The summed E-state index contributed by atoms with van der Waals surface area (Å²) in [5, 5.41) is 0. The van der Waals surface area contributed by atoms with Gasteiger partial charge in [0.25, 0.3) is 0 Å². The summed E-state index contributed by atoms with van der Waals surface area (Å²) in [5.41, 5.74) is 7.34. The number of likely N-dealkylation sites (tertiary alicyclic amines) is 1. The maximum absolute atomic E-state index is 5.79. The van der Waals surface area contributed by atoms with Gasteiger partial charge in [-0.15, -0.1) is 0 Å². The Kier molecular flexibility index (Phi) is 3.82. The van der Waals surface area contributed by atoms with Crippen LogP contribution in [0.4, 0.5) is 5.82 Å². The van der Waals surface area contributed by atoms with Crippen LogP contribution in [0.15, 0.2) is 12.7 Å². The van der Waals surface area contributed by atoms with Gasteiger partial charge in [0.2, 0.25) is 0 Å². The molecule has 0 unspecified atom stereocenters. The fourth-order valence-electron chi connectivity index (χ4n) is 2.81. The number of nitrogens with two attached hydrogens (primary N) is 1. The zero-order valence-electron chi connectivity index (χ0n) is 12.0. The van der Waals surface area contributed by atoms with E-state index in [-0.39, 0.29) is 0 Å². The number of anilines is 1. The van der Waals surface area contributed by atoms with Crippen molar-refractivity contribution in [1.29, 1.82) is 0 Å². The summed E-state index contributed by atoms with van der Waals surface area (Å²) in [7, 11) is 0. The van der Waals surface area contributed by atoms with Gasteiger partial charge in [0.05, 0.1) is 6.33 Å². The molecule has 0 bridgehead atoms. The topological polar surface area (TPSA) is 72.9 Å². The van der Waals surface area contributed by atoms with E-state index in [0.29, 0.717) is 11.3 Å². The molecule has 1 aliphatic heterocycles. The molecule has 3 rings (SSSR count). The van der Waals surface area contributed by atoms with Gasteiger partial charge in [-0.05, 0) is 44.8 Å². The molecule has 2 N–H and O–H groups in total. The Bertz CT molecular complexity index is 570. The molecule has 0 aliphatic carbocycles. The quantitative estimate of drug-likeness (QED) is 0.915. The lowest BCUT2D eigenvalue weighted by Gasteiger charge is -2.30. The third-order valence-corrected chi connectivity index (χ3v) is 4.18. The summed E-state index contributed by atoms with van der Waals surface area (Å²) < 4.78 is 2.07. The highest BCUT2D eigenvalue weighted by Gasteiger charge is 2.15. The first-order valence-electron chi connectivity index (χ1n) is 7.37. The lowest BCUT2D eigenvalue weighted by Crippen LogP contribution is -2.33. The number of nitrogen functional groups attached to an aromatic ring is 1. The first-order chi connectivity index (χ1) is 9.74. The highest BCUT2D eigenvalue weighted by atomic mass is 15.1. The SMILES string of the molecule is CC1CCN(CCCn2cnc3c(N)ncnc32)CC1. The number of imidazole rings is 1. The van der Waals surface area contributed by atoms with Gasteiger partial charge in [0, 0.05) is 6.54 Å². The van der Waals surface area contributed by atoms with Crippen molar-refractivity contribution in [1.82, 2.24) is 24.4 Å². The Morgan fingerprint density at radius 2 is 2.00 bits per heavy atom. The molecule has 3 heterocycles. The molecule has 0 atom stereocenters. The first-order valence-corrected chi connectivity index (χ1v) is 7.37. The van der Waals surface area contributed by atoms with Crippen molar-refractivity contribution >= 4 is 17.0 Å². The molecule has 6 nitrogen and oxygen atoms in total. The second-order valence-electron chi connectivity index (χ2n) is 5.75. The van der Waals surface area contributed by atoms with Crippen molar-refractivity contribution in [3.63, 3.8) is 0 Å². The molecule has 0 radical (unpaired) electrons.